The molecule has 3 N–H and O–H groups in total. The van der Waals surface area contributed by atoms with Crippen LogP contribution in [0.3, 0.4) is 0 Å². The molecule has 1 heterocycles. The van der Waals surface area contributed by atoms with Crippen LogP contribution in [-0.4, -0.2) is 66.2 Å². The van der Waals surface area contributed by atoms with Gasteiger partial charge in [-0.2, -0.15) is 0 Å². The Kier molecular flexibility index (Phi) is 5.68. The smallest absolute Gasteiger partial charge is 0.321 e. The van der Waals surface area contributed by atoms with Crippen LogP contribution < -0.4 is 11.1 Å². The lowest BCUT2D eigenvalue weighted by Gasteiger charge is -2.59. The van der Waals surface area contributed by atoms with Crippen molar-refractivity contribution in [2.45, 2.75) is 45.8 Å². The average Bonchev–Trinajstić information content (AvgIpc) is 2.67. The zero-order chi connectivity index (χ0) is 20.5. The molecule has 1 aliphatic carbocycles. The number of piperazine rings is 1. The Morgan fingerprint density at radius 2 is 1.86 bits per heavy atom. The van der Waals surface area contributed by atoms with Gasteiger partial charge >= 0.3 is 6.03 Å². The maximum absolute atomic E-state index is 13.1. The van der Waals surface area contributed by atoms with E-state index in [-0.39, 0.29) is 18.0 Å². The predicted molar refractivity (Wildman–Crippen MR) is 109 cm³/mol. The summed E-state index contributed by atoms with van der Waals surface area (Å²) < 4.78 is 5.73. The summed E-state index contributed by atoms with van der Waals surface area (Å²) in [5.41, 5.74) is 7.09. The fraction of sp³-hybridized carbons (Fsp3) is 0.619. The lowest BCUT2D eigenvalue weighted by molar-refractivity contribution is -0.180. The SMILES string of the molecule is CCOC1CC(N)(C(=O)N2CCN(C(=O)Nc3cccc(C)c3)CC2)C1(C)C. The van der Waals surface area contributed by atoms with E-state index in [1.54, 1.807) is 9.80 Å². The number of benzene rings is 1. The summed E-state index contributed by atoms with van der Waals surface area (Å²) in [4.78, 5) is 29.1. The Morgan fingerprint density at radius 1 is 1.21 bits per heavy atom. The van der Waals surface area contributed by atoms with Gasteiger partial charge in [-0.25, -0.2) is 4.79 Å². The van der Waals surface area contributed by atoms with Gasteiger partial charge in [0.1, 0.15) is 5.54 Å². The monoisotopic (exact) mass is 388 g/mol. The summed E-state index contributed by atoms with van der Waals surface area (Å²) in [5, 5.41) is 2.92. The molecular weight excluding hydrogens is 356 g/mol. The molecule has 7 heteroatoms. The van der Waals surface area contributed by atoms with E-state index in [0.29, 0.717) is 39.2 Å². The van der Waals surface area contributed by atoms with Crippen molar-refractivity contribution in [2.24, 2.45) is 11.1 Å². The fourth-order valence-electron chi connectivity index (χ4n) is 4.12. The number of anilines is 1. The van der Waals surface area contributed by atoms with Crippen LogP contribution in [0.1, 0.15) is 32.8 Å². The summed E-state index contributed by atoms with van der Waals surface area (Å²) in [5.74, 6) is -0.0350. The number of nitrogens with one attached hydrogen (secondary N) is 1. The Bertz CT molecular complexity index is 743. The first-order chi connectivity index (χ1) is 13.2. The largest absolute Gasteiger partial charge is 0.378 e. The van der Waals surface area contributed by atoms with Crippen LogP contribution in [0.5, 0.6) is 0 Å². The van der Waals surface area contributed by atoms with Crippen molar-refractivity contribution in [1.29, 1.82) is 0 Å². The Labute approximate surface area is 167 Å². The Balaban J connectivity index is 1.55. The molecule has 28 heavy (non-hydrogen) atoms. The number of nitrogens with zero attached hydrogens (tertiary/aromatic N) is 2. The van der Waals surface area contributed by atoms with Crippen molar-refractivity contribution in [3.05, 3.63) is 29.8 Å². The van der Waals surface area contributed by atoms with Crippen molar-refractivity contribution in [2.75, 3.05) is 38.1 Å². The number of hydrogen-bond acceptors (Lipinski definition) is 4. The molecule has 3 rings (SSSR count). The number of carbonyl (C=O) groups is 2. The zero-order valence-electron chi connectivity index (χ0n) is 17.3. The number of rotatable bonds is 4. The molecule has 2 fully saturated rings. The van der Waals surface area contributed by atoms with Crippen LogP contribution in [0.25, 0.3) is 0 Å². The van der Waals surface area contributed by atoms with Gasteiger partial charge < -0.3 is 25.6 Å². The molecule has 0 bridgehead atoms. The van der Waals surface area contributed by atoms with Gasteiger partial charge in [0.25, 0.3) is 0 Å². The van der Waals surface area contributed by atoms with Crippen molar-refractivity contribution in [1.82, 2.24) is 9.80 Å². The van der Waals surface area contributed by atoms with Gasteiger partial charge in [0.15, 0.2) is 0 Å². The summed E-state index contributed by atoms with van der Waals surface area (Å²) in [7, 11) is 0. The minimum atomic E-state index is -0.904. The highest BCUT2D eigenvalue weighted by Crippen LogP contribution is 2.50. The van der Waals surface area contributed by atoms with Gasteiger partial charge in [0.05, 0.1) is 6.10 Å². The van der Waals surface area contributed by atoms with Crippen LogP contribution in [-0.2, 0) is 9.53 Å². The number of urea groups is 1. The molecule has 1 aromatic carbocycles. The van der Waals surface area contributed by atoms with Crippen molar-refractivity contribution in [3.8, 4) is 0 Å². The van der Waals surface area contributed by atoms with Crippen LogP contribution in [0, 0.1) is 12.3 Å². The molecule has 7 nitrogen and oxygen atoms in total. The summed E-state index contributed by atoms with van der Waals surface area (Å²) in [6, 6.07) is 7.57. The highest BCUT2D eigenvalue weighted by molar-refractivity contribution is 5.91. The second-order valence-electron chi connectivity index (χ2n) is 8.42. The number of hydrogen-bond donors (Lipinski definition) is 2. The van der Waals surface area contributed by atoms with Gasteiger partial charge in [-0.3, -0.25) is 4.79 Å². The molecule has 1 saturated carbocycles. The number of ether oxygens (including phenoxy) is 1. The van der Waals surface area contributed by atoms with E-state index in [0.717, 1.165) is 11.3 Å². The van der Waals surface area contributed by atoms with Crippen molar-refractivity contribution in [3.63, 3.8) is 0 Å². The van der Waals surface area contributed by atoms with E-state index in [9.17, 15) is 9.59 Å². The molecule has 2 atom stereocenters. The van der Waals surface area contributed by atoms with Crippen LogP contribution >= 0.6 is 0 Å². The van der Waals surface area contributed by atoms with Crippen LogP contribution in [0.2, 0.25) is 0 Å². The molecule has 2 aliphatic rings. The van der Waals surface area contributed by atoms with Gasteiger partial charge in [-0.05, 0) is 31.5 Å². The van der Waals surface area contributed by atoms with E-state index in [2.05, 4.69) is 5.32 Å². The highest BCUT2D eigenvalue weighted by Gasteiger charge is 2.63. The van der Waals surface area contributed by atoms with E-state index in [1.807, 2.05) is 52.0 Å². The minimum Gasteiger partial charge on any atom is -0.378 e. The third-order valence-corrected chi connectivity index (χ3v) is 6.34. The number of aryl methyl sites for hydroxylation is 1. The molecule has 1 aromatic rings. The van der Waals surface area contributed by atoms with Crippen molar-refractivity contribution >= 4 is 17.6 Å². The predicted octanol–water partition coefficient (Wildman–Crippen LogP) is 2.20. The summed E-state index contributed by atoms with van der Waals surface area (Å²) in [6.45, 7) is 10.5. The molecule has 0 radical (unpaired) electrons. The van der Waals surface area contributed by atoms with E-state index < -0.39 is 11.0 Å². The molecule has 154 valence electrons. The summed E-state index contributed by atoms with van der Waals surface area (Å²) in [6.07, 6.45) is 0.550. The fourth-order valence-corrected chi connectivity index (χ4v) is 4.12. The minimum absolute atomic E-state index is 0.00726. The Hall–Kier alpha value is -2.12. The third kappa shape index (κ3) is 3.61. The van der Waals surface area contributed by atoms with Gasteiger partial charge in [0.2, 0.25) is 5.91 Å². The molecule has 3 amide bonds. The van der Waals surface area contributed by atoms with E-state index in [1.165, 1.54) is 0 Å². The van der Waals surface area contributed by atoms with Crippen LogP contribution in [0.15, 0.2) is 24.3 Å². The zero-order valence-corrected chi connectivity index (χ0v) is 17.3. The van der Waals surface area contributed by atoms with Gasteiger partial charge in [-0.15, -0.1) is 0 Å². The second kappa shape index (κ2) is 7.72. The van der Waals surface area contributed by atoms with E-state index in [4.69, 9.17) is 10.5 Å². The quantitative estimate of drug-likeness (QED) is 0.828. The first kappa shape index (κ1) is 20.6. The number of amides is 3. The highest BCUT2D eigenvalue weighted by atomic mass is 16.5. The first-order valence-corrected chi connectivity index (χ1v) is 10.0. The Morgan fingerprint density at radius 3 is 2.43 bits per heavy atom. The maximum atomic E-state index is 13.1. The van der Waals surface area contributed by atoms with Gasteiger partial charge in [0, 0.05) is 50.3 Å². The molecule has 2 unspecified atom stereocenters. The molecule has 0 spiro atoms. The molecule has 0 aromatic heterocycles. The van der Waals surface area contributed by atoms with E-state index >= 15 is 0 Å². The average molecular weight is 389 g/mol. The second-order valence-corrected chi connectivity index (χ2v) is 8.42. The standard InChI is InChI=1S/C21H32N4O3/c1-5-28-17-14-21(22,20(17,3)4)18(26)24-9-11-25(12-10-24)19(27)23-16-8-6-7-15(2)13-16/h6-8,13,17H,5,9-12,14,22H2,1-4H3,(H,23,27). The lowest BCUT2D eigenvalue weighted by Crippen LogP contribution is -2.76. The molecule has 1 saturated heterocycles. The number of carbonyl (C=O) groups excluding carboxylic acids is 2. The molecular formula is C21H32N4O3. The van der Waals surface area contributed by atoms with Crippen LogP contribution in [0.4, 0.5) is 10.5 Å². The third-order valence-electron chi connectivity index (χ3n) is 6.34. The van der Waals surface area contributed by atoms with Crippen molar-refractivity contribution < 1.29 is 14.3 Å². The normalized spacial score (nSPS) is 26.5. The lowest BCUT2D eigenvalue weighted by atomic mass is 9.54. The first-order valence-electron chi connectivity index (χ1n) is 10.0. The number of nitrogens with two attached hydrogens (primary N) is 1. The summed E-state index contributed by atoms with van der Waals surface area (Å²) >= 11 is 0. The molecule has 1 aliphatic heterocycles. The topological polar surface area (TPSA) is 87.9 Å². The van der Waals surface area contributed by atoms with Gasteiger partial charge in [-0.1, -0.05) is 26.0 Å². The maximum Gasteiger partial charge on any atom is 0.321 e.